The number of amides is 2. The molecule has 2 saturated heterocycles. The normalized spacial score (nSPS) is 16.0. The van der Waals surface area contributed by atoms with E-state index in [4.69, 9.17) is 16.7 Å². The Kier molecular flexibility index (Phi) is 27.4. The van der Waals surface area contributed by atoms with Crippen LogP contribution in [0.4, 0.5) is 42.1 Å². The maximum atomic E-state index is 15.9. The number of phenols is 2. The minimum atomic E-state index is -3.67. The van der Waals surface area contributed by atoms with Gasteiger partial charge in [0, 0.05) is 74.3 Å². The fourth-order valence-electron chi connectivity index (χ4n) is 11.1. The van der Waals surface area contributed by atoms with Crippen LogP contribution in [0.5, 0.6) is 11.5 Å². The molecule has 8 aromatic rings. The fraction of sp³-hybridized carbons (Fsp3) is 0.344. The van der Waals surface area contributed by atoms with Crippen molar-refractivity contribution in [2.75, 3.05) is 36.0 Å². The van der Waals surface area contributed by atoms with Gasteiger partial charge in [0.25, 0.3) is 0 Å². The zero-order valence-electron chi connectivity index (χ0n) is 51.3. The molecule has 0 bridgehead atoms. The summed E-state index contributed by atoms with van der Waals surface area (Å²) in [5, 5.41) is 19.2. The Morgan fingerprint density at radius 1 is 0.641 bits per heavy atom. The second kappa shape index (κ2) is 32.8. The number of anilines is 2. The van der Waals surface area contributed by atoms with Gasteiger partial charge in [0.05, 0.1) is 39.1 Å². The summed E-state index contributed by atoms with van der Waals surface area (Å²) in [5.41, 5.74) is 1.98. The van der Waals surface area contributed by atoms with Crippen molar-refractivity contribution in [1.29, 1.82) is 0 Å². The van der Waals surface area contributed by atoms with Crippen LogP contribution < -0.4 is 72.6 Å². The van der Waals surface area contributed by atoms with Crippen LogP contribution in [0.1, 0.15) is 105 Å². The molecule has 2 fully saturated rings. The van der Waals surface area contributed by atoms with E-state index in [1.807, 2.05) is 79.0 Å². The van der Waals surface area contributed by atoms with Gasteiger partial charge < -0.3 is 29.8 Å². The van der Waals surface area contributed by atoms with Gasteiger partial charge in [-0.1, -0.05) is 73.4 Å². The number of benzene rings is 2. The third-order valence-corrected chi connectivity index (χ3v) is 14.9. The molecule has 0 aliphatic carbocycles. The molecule has 2 aliphatic rings. The molecule has 18 nitrogen and oxygen atoms in total. The van der Waals surface area contributed by atoms with Gasteiger partial charge in [-0.05, 0) is 113 Å². The molecule has 4 atom stereocenters. The quantitative estimate of drug-likeness (QED) is 0.0454. The monoisotopic (exact) mass is 1320 g/mol. The van der Waals surface area contributed by atoms with E-state index in [2.05, 4.69) is 49.1 Å². The first kappa shape index (κ1) is 76.9. The third kappa shape index (κ3) is 16.8. The van der Waals surface area contributed by atoms with Crippen LogP contribution >= 0.6 is 11.6 Å². The summed E-state index contributed by atoms with van der Waals surface area (Å²) in [5.74, 6) is -3.61. The summed E-state index contributed by atoms with van der Waals surface area (Å²) < 4.78 is 89.1. The predicted molar refractivity (Wildman–Crippen MR) is 341 cm³/mol. The van der Waals surface area contributed by atoms with Gasteiger partial charge in [0.15, 0.2) is 28.1 Å². The van der Waals surface area contributed by atoms with Gasteiger partial charge in [-0.2, -0.15) is 16.0 Å². The molecule has 484 valence electrons. The number of rotatable bonds is 9. The van der Waals surface area contributed by atoms with Crippen LogP contribution in [-0.4, -0.2) is 129 Å². The number of piperazine rings is 2. The van der Waals surface area contributed by atoms with Crippen LogP contribution in [0.25, 0.3) is 44.7 Å². The molecule has 2 aromatic carbocycles. The van der Waals surface area contributed by atoms with Gasteiger partial charge in [-0.15, -0.1) is 18.2 Å². The van der Waals surface area contributed by atoms with Gasteiger partial charge in [-0.3, -0.25) is 32.5 Å². The summed E-state index contributed by atoms with van der Waals surface area (Å²) in [4.78, 5) is 86.1. The molecule has 2 N–H and O–H groups in total. The molecule has 28 heteroatoms. The van der Waals surface area contributed by atoms with E-state index in [-0.39, 0.29) is 147 Å². The standard InChI is InChI=1S/C31H32F2N6O3.C25H28ClFN6O2.C6H4FO.2CH4.BF3.K/c1-7-24(41)38-18(5)14-37(15-19(38)6)29-20-13-22(33)27(25-21(32)9-8-10-23(25)40)35-30(20)39(31(42)36-29)28-17(4)11-12-34-26(28)16(2)3;1-7-19(34)32-15(5)11-31(12-16(32)6)23-17-10-18(27)22(26)29-24(17)33(25(35)30-23)21-14(4)8-9-28-20(21)13(2)3;7-5-2-1-3-6(8)4-5;;;2-1(3)4;/h7-13,16,18-19,40H,1,14-15H2,2-6H3;7-10,13,15-16H,1,11-12H2,2-6H3;1-3,8H;2*1H4;;/q;;-1;;;;+1/t18-,19+;15-,16+;;;;;. The molecule has 2 amide bonds. The molecule has 92 heavy (non-hydrogen) atoms. The number of hydrogen-bond donors (Lipinski definition) is 2. The summed E-state index contributed by atoms with van der Waals surface area (Å²) in [6.07, 6.45) is 5.89. The number of phenolic OH excluding ortho intramolecular Hbond substituents is 2. The summed E-state index contributed by atoms with van der Waals surface area (Å²) in [7, 11) is -3.67. The molecular weight excluding hydrogens is 1250 g/mol. The Morgan fingerprint density at radius 2 is 1.04 bits per heavy atom. The molecule has 0 radical (unpaired) electrons. The van der Waals surface area contributed by atoms with Gasteiger partial charge in [-0.25, -0.2) is 46.3 Å². The first-order valence-corrected chi connectivity index (χ1v) is 28.4. The maximum Gasteiger partial charge on any atom is 1.00 e. The number of pyridine rings is 4. The smallest absolute Gasteiger partial charge is 0.534 e. The number of carbonyl (C=O) groups excluding carboxylic acids is 2. The molecule has 0 saturated carbocycles. The molecule has 0 spiro atoms. The van der Waals surface area contributed by atoms with Crippen molar-refractivity contribution < 1.29 is 102 Å². The fourth-order valence-corrected chi connectivity index (χ4v) is 11.2. The maximum absolute atomic E-state index is 15.9. The third-order valence-electron chi connectivity index (χ3n) is 14.7. The molecule has 8 heterocycles. The number of aryl methyl sites for hydroxylation is 2. The van der Waals surface area contributed by atoms with E-state index < -0.39 is 59.2 Å². The molecule has 10 rings (SSSR count). The van der Waals surface area contributed by atoms with Crippen molar-refractivity contribution in [1.82, 2.24) is 48.8 Å². The summed E-state index contributed by atoms with van der Waals surface area (Å²) in [6, 6.07) is 14.8. The summed E-state index contributed by atoms with van der Waals surface area (Å²) >= 11 is 6.09. The number of aromatic nitrogens is 8. The van der Waals surface area contributed by atoms with Crippen molar-refractivity contribution in [2.24, 2.45) is 0 Å². The minimum absolute atomic E-state index is 0. The summed E-state index contributed by atoms with van der Waals surface area (Å²) in [6.45, 7) is 27.7. The Morgan fingerprint density at radius 3 is 1.41 bits per heavy atom. The number of carbonyl (C=O) groups is 2. The number of nitrogens with zero attached hydrogens (tertiary/aromatic N) is 12. The molecule has 2 aliphatic heterocycles. The van der Waals surface area contributed by atoms with Crippen LogP contribution in [0.2, 0.25) is 5.15 Å². The topological polar surface area (TPSA) is 209 Å². The Hall–Kier alpha value is -7.56. The first-order chi connectivity index (χ1) is 42.0. The van der Waals surface area contributed by atoms with Crippen molar-refractivity contribution in [2.45, 2.75) is 120 Å². The van der Waals surface area contributed by atoms with Crippen LogP contribution in [0, 0.1) is 43.2 Å². The van der Waals surface area contributed by atoms with Crippen LogP contribution in [-0.2, 0) is 9.59 Å². The SMILES string of the molecule is C.C.C=CC(=O)N1[C@H](C)CN(c2nc(=O)n(-c3c(C)ccnc3C(C)C)c3nc(-c4c(O)cccc4F)c(F)cc23)C[C@@H]1C.C=CC(=O)N1[C@H](C)CN(c2nc(=O)n(-c3c(C)ccnc3C(C)C)c3nc(Cl)c(F)cc23)C[C@@H]1C.FB(F)F.Oc1[c-]c(F)ccc1.[K+]. The molecule has 0 unspecified atom stereocenters. The average molecular weight is 1320 g/mol. The van der Waals surface area contributed by atoms with E-state index in [0.29, 0.717) is 65.7 Å². The number of halogens is 8. The van der Waals surface area contributed by atoms with Crippen molar-refractivity contribution in [3.05, 3.63) is 176 Å². The second-order valence-corrected chi connectivity index (χ2v) is 22.2. The first-order valence-electron chi connectivity index (χ1n) is 28.0. The van der Waals surface area contributed by atoms with Gasteiger partial charge in [0.1, 0.15) is 28.9 Å². The average Bonchev–Trinajstić information content (AvgIpc) is 0.750. The van der Waals surface area contributed by atoms with Crippen LogP contribution in [0.3, 0.4) is 0 Å². The zero-order valence-corrected chi connectivity index (χ0v) is 55.2. The minimum Gasteiger partial charge on any atom is -0.534 e. The number of fused-ring (bicyclic) bond motifs is 2. The van der Waals surface area contributed by atoms with Crippen molar-refractivity contribution >= 4 is 64.7 Å². The van der Waals surface area contributed by atoms with Crippen molar-refractivity contribution in [3.63, 3.8) is 0 Å². The second-order valence-electron chi connectivity index (χ2n) is 21.8. The van der Waals surface area contributed by atoms with E-state index in [1.54, 1.807) is 34.3 Å². The van der Waals surface area contributed by atoms with Gasteiger partial charge >= 0.3 is 70.3 Å². The molecular formula is C64H72BClF7KN12O6. The Balaban J connectivity index is 0.000000326. The predicted octanol–water partition coefficient (Wildman–Crippen LogP) is 9.37. The Bertz CT molecular complexity index is 4070. The largest absolute Gasteiger partial charge is 1.00 e. The van der Waals surface area contributed by atoms with E-state index >= 15 is 4.39 Å². The van der Waals surface area contributed by atoms with Crippen LogP contribution in [0.15, 0.2) is 108 Å². The molecule has 6 aromatic heterocycles. The Labute approximate surface area is 577 Å². The van der Waals surface area contributed by atoms with E-state index in [0.717, 1.165) is 11.6 Å². The van der Waals surface area contributed by atoms with Gasteiger partial charge in [0.2, 0.25) is 11.8 Å². The number of hydrogen-bond acceptors (Lipinski definition) is 14. The van der Waals surface area contributed by atoms with E-state index in [9.17, 15) is 50.4 Å². The van der Waals surface area contributed by atoms with E-state index in [1.165, 1.54) is 63.8 Å². The van der Waals surface area contributed by atoms with Crippen molar-refractivity contribution in [3.8, 4) is 34.1 Å². The zero-order chi connectivity index (χ0) is 65.6. The number of aromatic hydroxyl groups is 2.